The van der Waals surface area contributed by atoms with Crippen LogP contribution in [-0.2, 0) is 4.79 Å². The van der Waals surface area contributed by atoms with Crippen LogP contribution >= 0.6 is 27.3 Å². The molecule has 4 rings (SSSR count). The van der Waals surface area contributed by atoms with E-state index in [-0.39, 0.29) is 11.8 Å². The Labute approximate surface area is 176 Å². The number of amides is 1. The van der Waals surface area contributed by atoms with Crippen LogP contribution in [0.15, 0.2) is 40.9 Å². The smallest absolute Gasteiger partial charge is 0.227 e. The third-order valence-corrected chi connectivity index (χ3v) is 7.11. The fourth-order valence-electron chi connectivity index (χ4n) is 3.45. The lowest BCUT2D eigenvalue weighted by Crippen LogP contribution is -2.38. The topological polar surface area (TPSA) is 54.5 Å². The van der Waals surface area contributed by atoms with Crippen LogP contribution in [0.1, 0.15) is 18.4 Å². The van der Waals surface area contributed by atoms with Crippen molar-refractivity contribution < 1.29 is 9.53 Å². The molecular formula is C21H22BrN3O2S. The molecule has 2 heterocycles. The number of thiazole rings is 1. The van der Waals surface area contributed by atoms with Gasteiger partial charge in [0.25, 0.3) is 0 Å². The van der Waals surface area contributed by atoms with Crippen LogP contribution in [0, 0.1) is 12.8 Å². The second-order valence-corrected chi connectivity index (χ2v) is 8.91. The minimum Gasteiger partial charge on any atom is -0.497 e. The molecular weight excluding hydrogens is 438 g/mol. The van der Waals surface area contributed by atoms with Crippen LogP contribution in [-0.4, -0.2) is 31.1 Å². The number of benzene rings is 2. The molecule has 1 fully saturated rings. The first-order chi connectivity index (χ1) is 13.5. The number of anilines is 2. The quantitative estimate of drug-likeness (QED) is 0.579. The lowest BCUT2D eigenvalue weighted by Gasteiger charge is -2.31. The molecule has 0 unspecified atom stereocenters. The molecule has 1 aromatic heterocycles. The molecule has 3 aromatic rings. The first-order valence-corrected chi connectivity index (χ1v) is 10.9. The zero-order chi connectivity index (χ0) is 19.7. The zero-order valence-electron chi connectivity index (χ0n) is 15.9. The van der Waals surface area contributed by atoms with Gasteiger partial charge in [-0.15, -0.1) is 0 Å². The average molecular weight is 460 g/mol. The Balaban J connectivity index is 1.38. The maximum absolute atomic E-state index is 12.7. The van der Waals surface area contributed by atoms with Crippen molar-refractivity contribution in [1.29, 1.82) is 0 Å². The van der Waals surface area contributed by atoms with Gasteiger partial charge in [-0.3, -0.25) is 4.79 Å². The summed E-state index contributed by atoms with van der Waals surface area (Å²) >= 11 is 5.17. The molecule has 1 aliphatic rings. The van der Waals surface area contributed by atoms with Crippen LogP contribution in [0.4, 0.5) is 10.8 Å². The summed E-state index contributed by atoms with van der Waals surface area (Å²) in [6, 6.07) is 11.8. The summed E-state index contributed by atoms with van der Waals surface area (Å²) in [5.41, 5.74) is 2.96. The van der Waals surface area contributed by atoms with Gasteiger partial charge in [0, 0.05) is 29.2 Å². The maximum atomic E-state index is 12.7. The number of halogens is 1. The van der Waals surface area contributed by atoms with Crippen molar-refractivity contribution in [3.63, 3.8) is 0 Å². The van der Waals surface area contributed by atoms with Gasteiger partial charge in [-0.05, 0) is 61.7 Å². The Morgan fingerprint density at radius 2 is 2.04 bits per heavy atom. The molecule has 0 bridgehead atoms. The minimum absolute atomic E-state index is 0.0367. The summed E-state index contributed by atoms with van der Waals surface area (Å²) in [5.74, 6) is 0.992. The molecule has 1 N–H and O–H groups in total. The summed E-state index contributed by atoms with van der Waals surface area (Å²) in [5, 5.41) is 4.08. The first kappa shape index (κ1) is 19.2. The second kappa shape index (κ2) is 8.09. The Kier molecular flexibility index (Phi) is 5.55. The SMILES string of the molecule is COc1ccc2nc(N3CCC(C(=O)Nc4ccc(Br)c(C)c4)CC3)sc2c1. The van der Waals surface area contributed by atoms with E-state index in [1.807, 2.05) is 43.3 Å². The minimum atomic E-state index is 0.0367. The molecule has 28 heavy (non-hydrogen) atoms. The van der Waals surface area contributed by atoms with Gasteiger partial charge in [0.15, 0.2) is 5.13 Å². The van der Waals surface area contributed by atoms with Crippen LogP contribution in [0.25, 0.3) is 10.2 Å². The summed E-state index contributed by atoms with van der Waals surface area (Å²) in [6.07, 6.45) is 1.67. The molecule has 7 heteroatoms. The fraction of sp³-hybridized carbons (Fsp3) is 0.333. The average Bonchev–Trinajstić information content (AvgIpc) is 3.14. The van der Waals surface area contributed by atoms with E-state index in [4.69, 9.17) is 9.72 Å². The number of nitrogens with one attached hydrogen (secondary N) is 1. The third-order valence-electron chi connectivity index (χ3n) is 5.15. The number of methoxy groups -OCH3 is 1. The number of nitrogens with zero attached hydrogens (tertiary/aromatic N) is 2. The highest BCUT2D eigenvalue weighted by Crippen LogP contribution is 2.33. The largest absolute Gasteiger partial charge is 0.497 e. The van der Waals surface area contributed by atoms with Crippen LogP contribution in [0.5, 0.6) is 5.75 Å². The number of fused-ring (bicyclic) bond motifs is 1. The number of hydrogen-bond donors (Lipinski definition) is 1. The van der Waals surface area contributed by atoms with E-state index < -0.39 is 0 Å². The molecule has 1 saturated heterocycles. The van der Waals surface area contributed by atoms with Gasteiger partial charge in [-0.25, -0.2) is 4.98 Å². The Bertz CT molecular complexity index is 1010. The Hall–Kier alpha value is -2.12. The van der Waals surface area contributed by atoms with Gasteiger partial charge in [-0.1, -0.05) is 27.3 Å². The molecule has 146 valence electrons. The highest BCUT2D eigenvalue weighted by Gasteiger charge is 2.26. The van der Waals surface area contributed by atoms with Gasteiger partial charge in [-0.2, -0.15) is 0 Å². The second-order valence-electron chi connectivity index (χ2n) is 7.04. The van der Waals surface area contributed by atoms with Crippen LogP contribution in [0.2, 0.25) is 0 Å². The first-order valence-electron chi connectivity index (χ1n) is 9.30. The molecule has 5 nitrogen and oxygen atoms in total. The molecule has 1 aliphatic heterocycles. The van der Waals surface area contributed by atoms with E-state index >= 15 is 0 Å². The predicted molar refractivity (Wildman–Crippen MR) is 119 cm³/mol. The highest BCUT2D eigenvalue weighted by molar-refractivity contribution is 9.10. The highest BCUT2D eigenvalue weighted by atomic mass is 79.9. The van der Waals surface area contributed by atoms with E-state index in [2.05, 4.69) is 26.1 Å². The normalized spacial score (nSPS) is 15.0. The van der Waals surface area contributed by atoms with E-state index in [9.17, 15) is 4.79 Å². The fourth-order valence-corrected chi connectivity index (χ4v) is 4.75. The number of piperidine rings is 1. The van der Waals surface area contributed by atoms with E-state index in [1.165, 1.54) is 0 Å². The van der Waals surface area contributed by atoms with E-state index in [0.717, 1.165) is 62.8 Å². The summed E-state index contributed by atoms with van der Waals surface area (Å²) in [7, 11) is 1.68. The van der Waals surface area contributed by atoms with Crippen molar-refractivity contribution in [3.8, 4) is 5.75 Å². The Morgan fingerprint density at radius 3 is 2.75 bits per heavy atom. The number of hydrogen-bond acceptors (Lipinski definition) is 5. The monoisotopic (exact) mass is 459 g/mol. The van der Waals surface area contributed by atoms with Gasteiger partial charge >= 0.3 is 0 Å². The van der Waals surface area contributed by atoms with Crippen molar-refractivity contribution in [2.75, 3.05) is 30.4 Å². The summed E-state index contributed by atoms with van der Waals surface area (Å²) in [4.78, 5) is 19.7. The van der Waals surface area contributed by atoms with Gasteiger partial charge in [0.2, 0.25) is 5.91 Å². The number of ether oxygens (including phenoxy) is 1. The van der Waals surface area contributed by atoms with Crippen molar-refractivity contribution in [3.05, 3.63) is 46.4 Å². The molecule has 0 radical (unpaired) electrons. The molecule has 0 atom stereocenters. The predicted octanol–water partition coefficient (Wildman–Crippen LogP) is 5.23. The number of aryl methyl sites for hydroxylation is 1. The van der Waals surface area contributed by atoms with Crippen LogP contribution < -0.4 is 15.0 Å². The summed E-state index contributed by atoms with van der Waals surface area (Å²) < 4.78 is 7.47. The molecule has 0 aliphatic carbocycles. The molecule has 1 amide bonds. The number of carbonyl (C=O) groups excluding carboxylic acids is 1. The summed E-state index contributed by atoms with van der Waals surface area (Å²) in [6.45, 7) is 3.70. The van der Waals surface area contributed by atoms with Crippen molar-refractivity contribution in [2.45, 2.75) is 19.8 Å². The van der Waals surface area contributed by atoms with Crippen molar-refractivity contribution in [1.82, 2.24) is 4.98 Å². The number of rotatable bonds is 4. The third kappa shape index (κ3) is 4.00. The Morgan fingerprint density at radius 1 is 1.25 bits per heavy atom. The lowest BCUT2D eigenvalue weighted by atomic mass is 9.96. The van der Waals surface area contributed by atoms with Gasteiger partial charge < -0.3 is 15.0 Å². The lowest BCUT2D eigenvalue weighted by molar-refractivity contribution is -0.120. The molecule has 0 saturated carbocycles. The van der Waals surface area contributed by atoms with Crippen molar-refractivity contribution in [2.24, 2.45) is 5.92 Å². The van der Waals surface area contributed by atoms with Crippen LogP contribution in [0.3, 0.4) is 0 Å². The zero-order valence-corrected chi connectivity index (χ0v) is 18.3. The van der Waals surface area contributed by atoms with Gasteiger partial charge in [0.1, 0.15) is 5.75 Å². The standard InChI is InChI=1S/C21H22BrN3O2S/c1-13-11-15(3-5-17(13)22)23-20(26)14-7-9-25(10-8-14)21-24-18-6-4-16(27-2)12-19(18)28-21/h3-6,11-12,14H,7-10H2,1-2H3,(H,23,26). The van der Waals surface area contributed by atoms with Crippen molar-refractivity contribution >= 4 is 54.2 Å². The molecule has 2 aromatic carbocycles. The number of carbonyl (C=O) groups is 1. The number of aromatic nitrogens is 1. The maximum Gasteiger partial charge on any atom is 0.227 e. The molecule has 0 spiro atoms. The van der Waals surface area contributed by atoms with E-state index in [0.29, 0.717) is 0 Å². The van der Waals surface area contributed by atoms with E-state index in [1.54, 1.807) is 18.4 Å². The van der Waals surface area contributed by atoms with Gasteiger partial charge in [0.05, 0.1) is 17.3 Å².